The highest BCUT2D eigenvalue weighted by atomic mass is 16.5. The Hall–Kier alpha value is -0.160. The van der Waals surface area contributed by atoms with Crippen LogP contribution in [0.2, 0.25) is 0 Å². The van der Waals surface area contributed by atoms with Crippen molar-refractivity contribution in [3.05, 3.63) is 0 Å². The largest absolute Gasteiger partial charge is 0.396 e. The molecule has 4 nitrogen and oxygen atoms in total. The Kier molecular flexibility index (Phi) is 2.55. The smallest absolute Gasteiger partial charge is 0.0981 e. The van der Waals surface area contributed by atoms with Gasteiger partial charge in [-0.15, -0.1) is 0 Å². The number of aliphatic hydroxyl groups excluding tert-OH is 1. The monoisotopic (exact) mass is 202 g/mol. The third-order valence-electron chi connectivity index (χ3n) is 3.86. The van der Waals surface area contributed by atoms with Gasteiger partial charge >= 0.3 is 0 Å². The van der Waals surface area contributed by atoms with E-state index in [0.29, 0.717) is 19.6 Å². The van der Waals surface area contributed by atoms with E-state index in [0.717, 1.165) is 12.8 Å². The Labute approximate surface area is 83.8 Å². The van der Waals surface area contributed by atoms with Gasteiger partial charge in [-0.2, -0.15) is 0 Å². The summed E-state index contributed by atoms with van der Waals surface area (Å²) in [6, 6.07) is 0. The average Bonchev–Trinajstić information content (AvgIpc) is 2.53. The molecule has 1 unspecified atom stereocenters. The lowest BCUT2D eigenvalue weighted by atomic mass is 9.57. The lowest BCUT2D eigenvalue weighted by molar-refractivity contribution is -0.196. The van der Waals surface area contributed by atoms with Gasteiger partial charge in [-0.1, -0.05) is 0 Å². The molecular formula is C10H18O4. The highest BCUT2D eigenvalue weighted by Crippen LogP contribution is 2.52. The van der Waals surface area contributed by atoms with Gasteiger partial charge in [0.2, 0.25) is 0 Å². The summed E-state index contributed by atoms with van der Waals surface area (Å²) < 4.78 is 10.4. The Morgan fingerprint density at radius 3 is 2.64 bits per heavy atom. The Morgan fingerprint density at radius 1 is 1.50 bits per heavy atom. The topological polar surface area (TPSA) is 58.9 Å². The maximum Gasteiger partial charge on any atom is 0.0981 e. The lowest BCUT2D eigenvalue weighted by Gasteiger charge is -2.53. The van der Waals surface area contributed by atoms with Crippen molar-refractivity contribution in [1.29, 1.82) is 0 Å². The minimum Gasteiger partial charge on any atom is -0.396 e. The van der Waals surface area contributed by atoms with Crippen molar-refractivity contribution in [3.63, 3.8) is 0 Å². The molecule has 14 heavy (non-hydrogen) atoms. The highest BCUT2D eigenvalue weighted by molar-refractivity contribution is 5.08. The number of rotatable bonds is 3. The molecule has 0 radical (unpaired) electrons. The summed E-state index contributed by atoms with van der Waals surface area (Å²) in [6.07, 6.45) is 2.29. The van der Waals surface area contributed by atoms with Crippen LogP contribution in [0.25, 0.3) is 0 Å². The molecule has 0 amide bonds. The molecule has 2 rings (SSSR count). The van der Waals surface area contributed by atoms with Gasteiger partial charge in [0.15, 0.2) is 0 Å². The van der Waals surface area contributed by atoms with Crippen molar-refractivity contribution in [2.24, 2.45) is 5.41 Å². The van der Waals surface area contributed by atoms with Crippen LogP contribution in [0.4, 0.5) is 0 Å². The SMILES string of the molecule is COC1CC(CO)(C2(O)CCOC2)C1. The van der Waals surface area contributed by atoms with Gasteiger partial charge in [-0.3, -0.25) is 0 Å². The minimum atomic E-state index is -0.837. The molecule has 1 heterocycles. The molecule has 0 bridgehead atoms. The lowest BCUT2D eigenvalue weighted by Crippen LogP contribution is -2.60. The van der Waals surface area contributed by atoms with Crippen molar-refractivity contribution in [1.82, 2.24) is 0 Å². The fourth-order valence-corrected chi connectivity index (χ4v) is 2.61. The van der Waals surface area contributed by atoms with Crippen LogP contribution in [0, 0.1) is 5.41 Å². The molecule has 0 aromatic heterocycles. The van der Waals surface area contributed by atoms with E-state index in [1.165, 1.54) is 0 Å². The van der Waals surface area contributed by atoms with Gasteiger partial charge < -0.3 is 19.7 Å². The van der Waals surface area contributed by atoms with Gasteiger partial charge in [0.25, 0.3) is 0 Å². The zero-order valence-corrected chi connectivity index (χ0v) is 8.53. The van der Waals surface area contributed by atoms with Crippen LogP contribution < -0.4 is 0 Å². The first kappa shape index (κ1) is 10.4. The number of hydrogen-bond acceptors (Lipinski definition) is 4. The molecule has 2 N–H and O–H groups in total. The second kappa shape index (κ2) is 3.45. The van der Waals surface area contributed by atoms with Gasteiger partial charge in [0.1, 0.15) is 0 Å². The molecule has 0 aromatic rings. The molecule has 0 aromatic carbocycles. The summed E-state index contributed by atoms with van der Waals surface area (Å²) in [5.41, 5.74) is -1.22. The molecule has 1 saturated carbocycles. The van der Waals surface area contributed by atoms with Crippen LogP contribution in [0.1, 0.15) is 19.3 Å². The number of hydrogen-bond donors (Lipinski definition) is 2. The predicted molar refractivity (Wildman–Crippen MR) is 49.9 cm³/mol. The Morgan fingerprint density at radius 2 is 2.21 bits per heavy atom. The molecule has 1 aliphatic heterocycles. The molecule has 82 valence electrons. The van der Waals surface area contributed by atoms with Crippen LogP contribution in [-0.4, -0.2) is 48.8 Å². The number of ether oxygens (including phenoxy) is 2. The van der Waals surface area contributed by atoms with E-state index >= 15 is 0 Å². The number of methoxy groups -OCH3 is 1. The molecule has 0 spiro atoms. The summed E-state index contributed by atoms with van der Waals surface area (Å²) in [6.45, 7) is 0.965. The summed E-state index contributed by atoms with van der Waals surface area (Å²) in [7, 11) is 1.67. The van der Waals surface area contributed by atoms with E-state index in [1.54, 1.807) is 7.11 Å². The first-order valence-electron chi connectivity index (χ1n) is 5.10. The summed E-state index contributed by atoms with van der Waals surface area (Å²) >= 11 is 0. The molecule has 2 fully saturated rings. The molecule has 1 atom stereocenters. The van der Waals surface area contributed by atoms with E-state index in [1.807, 2.05) is 0 Å². The Bertz CT molecular complexity index is 204. The van der Waals surface area contributed by atoms with Crippen LogP contribution in [0.5, 0.6) is 0 Å². The maximum absolute atomic E-state index is 10.3. The second-order valence-corrected chi connectivity index (χ2v) is 4.54. The summed E-state index contributed by atoms with van der Waals surface area (Å²) in [5, 5.41) is 19.7. The molecule has 2 aliphatic rings. The average molecular weight is 202 g/mol. The zero-order chi connectivity index (χ0) is 10.2. The van der Waals surface area contributed by atoms with Crippen molar-refractivity contribution in [2.75, 3.05) is 26.9 Å². The van der Waals surface area contributed by atoms with Crippen molar-refractivity contribution < 1.29 is 19.7 Å². The summed E-state index contributed by atoms with van der Waals surface area (Å²) in [5.74, 6) is 0. The quantitative estimate of drug-likeness (QED) is 0.672. The van der Waals surface area contributed by atoms with Crippen molar-refractivity contribution in [3.8, 4) is 0 Å². The Balaban J connectivity index is 2.06. The molecule has 1 saturated heterocycles. The standard InChI is InChI=1S/C10H18O4/c1-13-8-4-9(5-8,6-11)10(12)2-3-14-7-10/h8,11-12H,2-7H2,1H3. The van der Waals surface area contributed by atoms with E-state index in [9.17, 15) is 10.2 Å². The zero-order valence-electron chi connectivity index (χ0n) is 8.53. The first-order chi connectivity index (χ1) is 6.66. The van der Waals surface area contributed by atoms with E-state index in [4.69, 9.17) is 9.47 Å². The molecule has 4 heteroatoms. The minimum absolute atomic E-state index is 0.0206. The fraction of sp³-hybridized carbons (Fsp3) is 1.00. The van der Waals surface area contributed by atoms with Crippen LogP contribution >= 0.6 is 0 Å². The third kappa shape index (κ3) is 1.29. The van der Waals surface area contributed by atoms with Crippen molar-refractivity contribution >= 4 is 0 Å². The maximum atomic E-state index is 10.3. The highest BCUT2D eigenvalue weighted by Gasteiger charge is 2.59. The van der Waals surface area contributed by atoms with Gasteiger partial charge in [0.05, 0.1) is 24.9 Å². The third-order valence-corrected chi connectivity index (χ3v) is 3.86. The van der Waals surface area contributed by atoms with E-state index < -0.39 is 5.60 Å². The van der Waals surface area contributed by atoms with Gasteiger partial charge in [-0.25, -0.2) is 0 Å². The van der Waals surface area contributed by atoms with Gasteiger partial charge in [0, 0.05) is 25.6 Å². The normalized spacial score (nSPS) is 47.8. The number of aliphatic hydroxyl groups is 2. The van der Waals surface area contributed by atoms with Crippen LogP contribution in [0.3, 0.4) is 0 Å². The first-order valence-corrected chi connectivity index (χ1v) is 5.10. The summed E-state index contributed by atoms with van der Waals surface area (Å²) in [4.78, 5) is 0. The van der Waals surface area contributed by atoms with Crippen LogP contribution in [-0.2, 0) is 9.47 Å². The predicted octanol–water partition coefficient (Wildman–Crippen LogP) is -0.0747. The molecular weight excluding hydrogens is 184 g/mol. The van der Waals surface area contributed by atoms with Gasteiger partial charge in [-0.05, 0) is 12.8 Å². The van der Waals surface area contributed by atoms with Crippen molar-refractivity contribution in [2.45, 2.75) is 31.0 Å². The van der Waals surface area contributed by atoms with E-state index in [2.05, 4.69) is 0 Å². The fourth-order valence-electron chi connectivity index (χ4n) is 2.61. The van der Waals surface area contributed by atoms with E-state index in [-0.39, 0.29) is 18.1 Å². The molecule has 1 aliphatic carbocycles. The van der Waals surface area contributed by atoms with Crippen LogP contribution in [0.15, 0.2) is 0 Å². The second-order valence-electron chi connectivity index (χ2n) is 4.54.